The Morgan fingerprint density at radius 2 is 1.84 bits per heavy atom. The normalized spacial score (nSPS) is 10.8. The van der Waals surface area contributed by atoms with Crippen molar-refractivity contribution in [1.82, 2.24) is 9.78 Å². The van der Waals surface area contributed by atoms with Crippen molar-refractivity contribution in [2.45, 2.75) is 27.7 Å². The van der Waals surface area contributed by atoms with E-state index in [1.54, 1.807) is 7.05 Å². The number of aromatic nitrogens is 2. The summed E-state index contributed by atoms with van der Waals surface area (Å²) in [5, 5.41) is 13.6. The van der Waals surface area contributed by atoms with Crippen LogP contribution in [-0.2, 0) is 7.05 Å². The molecule has 19 heavy (non-hydrogen) atoms. The van der Waals surface area contributed by atoms with Gasteiger partial charge in [0.15, 0.2) is 5.69 Å². The Hall–Kier alpha value is -2.10. The summed E-state index contributed by atoms with van der Waals surface area (Å²) in [5.74, 6) is -0.948. The van der Waals surface area contributed by atoms with Crippen LogP contribution < -0.4 is 0 Å². The van der Waals surface area contributed by atoms with E-state index in [-0.39, 0.29) is 5.69 Å². The SMILES string of the molecule is Cc1cc(C)c(C)c(-c2c(C)nn(C)c2C(=O)O)c1. The third kappa shape index (κ3) is 2.14. The summed E-state index contributed by atoms with van der Waals surface area (Å²) >= 11 is 0. The van der Waals surface area contributed by atoms with Gasteiger partial charge in [0.2, 0.25) is 0 Å². The van der Waals surface area contributed by atoms with Crippen LogP contribution in [0.4, 0.5) is 0 Å². The van der Waals surface area contributed by atoms with Crippen LogP contribution in [0.5, 0.6) is 0 Å². The maximum atomic E-state index is 11.4. The maximum absolute atomic E-state index is 11.4. The van der Waals surface area contributed by atoms with E-state index in [0.717, 1.165) is 33.5 Å². The van der Waals surface area contributed by atoms with E-state index in [1.165, 1.54) is 4.68 Å². The van der Waals surface area contributed by atoms with Crippen molar-refractivity contribution >= 4 is 5.97 Å². The van der Waals surface area contributed by atoms with Crippen LogP contribution in [0.15, 0.2) is 12.1 Å². The number of carboxylic acid groups (broad SMARTS) is 1. The summed E-state index contributed by atoms with van der Waals surface area (Å²) in [6.07, 6.45) is 0. The predicted octanol–water partition coefficient (Wildman–Crippen LogP) is 3.02. The van der Waals surface area contributed by atoms with Gasteiger partial charge in [0.05, 0.1) is 5.69 Å². The number of aromatic carboxylic acids is 1. The van der Waals surface area contributed by atoms with E-state index in [4.69, 9.17) is 0 Å². The number of carboxylic acids is 1. The standard InChI is InChI=1S/C15H18N2O2/c1-8-6-9(2)10(3)12(7-8)13-11(4)16-17(5)14(13)15(18)19/h6-7H,1-5H3,(H,18,19). The van der Waals surface area contributed by atoms with Crippen molar-refractivity contribution in [2.75, 3.05) is 0 Å². The lowest BCUT2D eigenvalue weighted by atomic mass is 9.93. The highest BCUT2D eigenvalue weighted by molar-refractivity contribution is 5.95. The van der Waals surface area contributed by atoms with Crippen LogP contribution in [0.2, 0.25) is 0 Å². The van der Waals surface area contributed by atoms with Gasteiger partial charge < -0.3 is 5.11 Å². The number of hydrogen-bond acceptors (Lipinski definition) is 2. The summed E-state index contributed by atoms with van der Waals surface area (Å²) in [5.41, 5.74) is 6.05. The molecule has 1 aromatic heterocycles. The molecule has 4 heteroatoms. The van der Waals surface area contributed by atoms with Crippen molar-refractivity contribution in [3.8, 4) is 11.1 Å². The van der Waals surface area contributed by atoms with Crippen LogP contribution in [0.25, 0.3) is 11.1 Å². The fourth-order valence-corrected chi connectivity index (χ4v) is 2.53. The van der Waals surface area contributed by atoms with Gasteiger partial charge in [-0.3, -0.25) is 4.68 Å². The molecule has 1 N–H and O–H groups in total. The molecule has 0 saturated carbocycles. The first-order valence-electron chi connectivity index (χ1n) is 6.18. The highest BCUT2D eigenvalue weighted by Crippen LogP contribution is 2.32. The molecule has 0 radical (unpaired) electrons. The van der Waals surface area contributed by atoms with Crippen LogP contribution in [0.1, 0.15) is 32.9 Å². The van der Waals surface area contributed by atoms with Gasteiger partial charge in [-0.1, -0.05) is 17.7 Å². The largest absolute Gasteiger partial charge is 0.477 e. The molecule has 0 spiro atoms. The molecule has 2 aromatic rings. The van der Waals surface area contributed by atoms with Crippen LogP contribution >= 0.6 is 0 Å². The summed E-state index contributed by atoms with van der Waals surface area (Å²) in [7, 11) is 1.66. The molecule has 0 aliphatic heterocycles. The molecule has 0 aliphatic carbocycles. The fourth-order valence-electron chi connectivity index (χ4n) is 2.53. The molecule has 4 nitrogen and oxygen atoms in total. The van der Waals surface area contributed by atoms with E-state index in [9.17, 15) is 9.90 Å². The third-order valence-electron chi connectivity index (χ3n) is 3.51. The van der Waals surface area contributed by atoms with Crippen LogP contribution in [-0.4, -0.2) is 20.9 Å². The Labute approximate surface area is 112 Å². The number of aryl methyl sites for hydroxylation is 4. The minimum absolute atomic E-state index is 0.241. The second-order valence-electron chi connectivity index (χ2n) is 4.99. The zero-order valence-corrected chi connectivity index (χ0v) is 11.9. The summed E-state index contributed by atoms with van der Waals surface area (Å²) in [6, 6.07) is 4.13. The van der Waals surface area contributed by atoms with Crippen molar-refractivity contribution in [3.63, 3.8) is 0 Å². The average Bonchev–Trinajstić information content (AvgIpc) is 2.58. The first-order chi connectivity index (χ1) is 8.82. The number of rotatable bonds is 2. The predicted molar refractivity (Wildman–Crippen MR) is 74.6 cm³/mol. The quantitative estimate of drug-likeness (QED) is 0.900. The summed E-state index contributed by atoms with van der Waals surface area (Å²) in [4.78, 5) is 11.4. The van der Waals surface area contributed by atoms with Crippen molar-refractivity contribution in [2.24, 2.45) is 7.05 Å². The van der Waals surface area contributed by atoms with Gasteiger partial charge in [-0.25, -0.2) is 4.79 Å². The van der Waals surface area contributed by atoms with Gasteiger partial charge >= 0.3 is 5.97 Å². The molecular formula is C15H18N2O2. The lowest BCUT2D eigenvalue weighted by Gasteiger charge is -2.11. The number of benzene rings is 1. The monoisotopic (exact) mass is 258 g/mol. The molecule has 1 heterocycles. The Bertz CT molecular complexity index is 669. The van der Waals surface area contributed by atoms with Gasteiger partial charge in [0.1, 0.15) is 0 Å². The smallest absolute Gasteiger partial charge is 0.354 e. The second kappa shape index (κ2) is 4.53. The summed E-state index contributed by atoms with van der Waals surface area (Å²) < 4.78 is 1.43. The van der Waals surface area contributed by atoms with Gasteiger partial charge in [0.25, 0.3) is 0 Å². The van der Waals surface area contributed by atoms with E-state index >= 15 is 0 Å². The van der Waals surface area contributed by atoms with Gasteiger partial charge in [0, 0.05) is 12.6 Å². The molecular weight excluding hydrogens is 240 g/mol. The lowest BCUT2D eigenvalue weighted by molar-refractivity contribution is 0.0686. The Balaban J connectivity index is 2.83. The molecule has 100 valence electrons. The maximum Gasteiger partial charge on any atom is 0.354 e. The van der Waals surface area contributed by atoms with Crippen LogP contribution in [0, 0.1) is 27.7 Å². The molecule has 0 bridgehead atoms. The lowest BCUT2D eigenvalue weighted by Crippen LogP contribution is -2.07. The van der Waals surface area contributed by atoms with Gasteiger partial charge in [-0.05, 0) is 44.4 Å². The van der Waals surface area contributed by atoms with Crippen molar-refractivity contribution in [1.29, 1.82) is 0 Å². The van der Waals surface area contributed by atoms with E-state index in [0.29, 0.717) is 0 Å². The van der Waals surface area contributed by atoms with Gasteiger partial charge in [-0.15, -0.1) is 0 Å². The van der Waals surface area contributed by atoms with E-state index < -0.39 is 5.97 Å². The zero-order valence-electron chi connectivity index (χ0n) is 11.9. The van der Waals surface area contributed by atoms with E-state index in [2.05, 4.69) is 11.2 Å². The molecule has 0 fully saturated rings. The first kappa shape index (κ1) is 13.3. The Kier molecular flexibility index (Phi) is 3.18. The third-order valence-corrected chi connectivity index (χ3v) is 3.51. The molecule has 0 atom stereocenters. The van der Waals surface area contributed by atoms with Crippen molar-refractivity contribution < 1.29 is 9.90 Å². The summed E-state index contributed by atoms with van der Waals surface area (Å²) in [6.45, 7) is 7.92. The average molecular weight is 258 g/mol. The number of carbonyl (C=O) groups is 1. The zero-order chi connectivity index (χ0) is 14.3. The second-order valence-corrected chi connectivity index (χ2v) is 4.99. The molecule has 0 amide bonds. The molecule has 0 saturated heterocycles. The highest BCUT2D eigenvalue weighted by atomic mass is 16.4. The van der Waals surface area contributed by atoms with E-state index in [1.807, 2.05) is 33.8 Å². The minimum Gasteiger partial charge on any atom is -0.477 e. The van der Waals surface area contributed by atoms with Crippen molar-refractivity contribution in [3.05, 3.63) is 40.2 Å². The highest BCUT2D eigenvalue weighted by Gasteiger charge is 2.22. The van der Waals surface area contributed by atoms with Crippen LogP contribution in [0.3, 0.4) is 0 Å². The Morgan fingerprint density at radius 1 is 1.21 bits per heavy atom. The topological polar surface area (TPSA) is 55.1 Å². The molecule has 1 aromatic carbocycles. The molecule has 0 aliphatic rings. The molecule has 0 unspecified atom stereocenters. The molecule has 2 rings (SSSR count). The first-order valence-corrected chi connectivity index (χ1v) is 6.18. The number of hydrogen-bond donors (Lipinski definition) is 1. The fraction of sp³-hybridized carbons (Fsp3) is 0.333. The van der Waals surface area contributed by atoms with Gasteiger partial charge in [-0.2, -0.15) is 5.10 Å². The minimum atomic E-state index is -0.948. The number of nitrogens with zero attached hydrogens (tertiary/aromatic N) is 2. The Morgan fingerprint density at radius 3 is 2.42 bits per heavy atom.